The normalized spacial score (nSPS) is 11.2. The number of hydrogen-bond donors (Lipinski definition) is 1. The van der Waals surface area contributed by atoms with Gasteiger partial charge in [-0.05, 0) is 30.3 Å². The third-order valence-electron chi connectivity index (χ3n) is 3.87. The molecule has 1 aromatic heterocycles. The zero-order valence-electron chi connectivity index (χ0n) is 15.8. The lowest BCUT2D eigenvalue weighted by molar-refractivity contribution is -0.137. The number of amides is 1. The lowest BCUT2D eigenvalue weighted by Crippen LogP contribution is -2.18. The van der Waals surface area contributed by atoms with Gasteiger partial charge in [-0.15, -0.1) is 10.2 Å². The fourth-order valence-corrected chi connectivity index (χ4v) is 3.07. The van der Waals surface area contributed by atoms with E-state index in [1.54, 1.807) is 18.2 Å². The number of carbonyl (C=O) groups excluding carboxylic acids is 1. The molecule has 0 atom stereocenters. The van der Waals surface area contributed by atoms with Crippen LogP contribution in [0.4, 0.5) is 18.9 Å². The van der Waals surface area contributed by atoms with Gasteiger partial charge in [0, 0.05) is 5.56 Å². The number of nitrogens with one attached hydrogen (secondary N) is 1. The Kier molecular flexibility index (Phi) is 6.50. The van der Waals surface area contributed by atoms with E-state index in [1.165, 1.54) is 32.4 Å². The summed E-state index contributed by atoms with van der Waals surface area (Å²) in [6.45, 7) is 0. The summed E-state index contributed by atoms with van der Waals surface area (Å²) < 4.78 is 54.9. The fourth-order valence-electron chi connectivity index (χ4n) is 2.51. The van der Waals surface area contributed by atoms with Crippen LogP contribution in [-0.2, 0) is 11.0 Å². The van der Waals surface area contributed by atoms with Gasteiger partial charge in [0.05, 0.1) is 31.2 Å². The van der Waals surface area contributed by atoms with Crippen molar-refractivity contribution in [3.63, 3.8) is 0 Å². The first-order valence-corrected chi connectivity index (χ1v) is 9.45. The van der Waals surface area contributed by atoms with Gasteiger partial charge in [0.1, 0.15) is 0 Å². The molecule has 0 aliphatic heterocycles. The number of para-hydroxylation sites is 1. The molecule has 11 heteroatoms. The first kappa shape index (κ1) is 21.5. The van der Waals surface area contributed by atoms with E-state index in [0.29, 0.717) is 17.1 Å². The number of benzene rings is 2. The second-order valence-corrected chi connectivity index (χ2v) is 6.75. The van der Waals surface area contributed by atoms with Gasteiger partial charge in [0.15, 0.2) is 11.5 Å². The molecule has 3 aromatic rings. The number of halogens is 3. The first-order chi connectivity index (χ1) is 14.3. The zero-order valence-corrected chi connectivity index (χ0v) is 16.6. The van der Waals surface area contributed by atoms with Gasteiger partial charge >= 0.3 is 6.18 Å². The summed E-state index contributed by atoms with van der Waals surface area (Å²) in [7, 11) is 3.00. The summed E-state index contributed by atoms with van der Waals surface area (Å²) in [6, 6.07) is 9.78. The van der Waals surface area contributed by atoms with Gasteiger partial charge in [0.25, 0.3) is 5.22 Å². The topological polar surface area (TPSA) is 86.5 Å². The first-order valence-electron chi connectivity index (χ1n) is 8.46. The minimum absolute atomic E-state index is 0.0963. The van der Waals surface area contributed by atoms with E-state index >= 15 is 0 Å². The van der Waals surface area contributed by atoms with Gasteiger partial charge in [-0.25, -0.2) is 0 Å². The van der Waals surface area contributed by atoms with Gasteiger partial charge in [-0.1, -0.05) is 23.9 Å². The minimum Gasteiger partial charge on any atom is -0.493 e. The number of nitrogens with zero attached hydrogens (tertiary/aromatic N) is 2. The Morgan fingerprint density at radius 1 is 1.10 bits per heavy atom. The van der Waals surface area contributed by atoms with E-state index in [9.17, 15) is 18.0 Å². The summed E-state index contributed by atoms with van der Waals surface area (Å²) in [4.78, 5) is 12.1. The fraction of sp³-hybridized carbons (Fsp3) is 0.211. The van der Waals surface area contributed by atoms with Gasteiger partial charge in [-0.2, -0.15) is 13.2 Å². The number of carbonyl (C=O) groups is 1. The number of ether oxygens (including phenoxy) is 2. The Morgan fingerprint density at radius 3 is 2.53 bits per heavy atom. The van der Waals surface area contributed by atoms with Crippen LogP contribution in [0.5, 0.6) is 11.5 Å². The summed E-state index contributed by atoms with van der Waals surface area (Å²) in [5.74, 6) is 0.361. The Morgan fingerprint density at radius 2 is 1.83 bits per heavy atom. The molecule has 1 N–H and O–H groups in total. The van der Waals surface area contributed by atoms with Crippen LogP contribution >= 0.6 is 11.8 Å². The molecule has 0 saturated carbocycles. The molecular formula is C19H16F3N3O4S. The van der Waals surface area contributed by atoms with E-state index in [2.05, 4.69) is 15.5 Å². The van der Waals surface area contributed by atoms with Crippen LogP contribution in [0.25, 0.3) is 11.5 Å². The molecule has 0 spiro atoms. The quantitative estimate of drug-likeness (QED) is 0.542. The maximum atomic E-state index is 13.0. The van der Waals surface area contributed by atoms with Crippen LogP contribution in [0.3, 0.4) is 0 Å². The SMILES string of the molecule is COc1ccc(-c2nnc(SCC(=O)Nc3ccccc3C(F)(F)F)o2)cc1OC. The molecule has 2 aromatic carbocycles. The van der Waals surface area contributed by atoms with E-state index in [0.717, 1.165) is 17.8 Å². The maximum Gasteiger partial charge on any atom is 0.418 e. The van der Waals surface area contributed by atoms with Gasteiger partial charge < -0.3 is 19.2 Å². The van der Waals surface area contributed by atoms with Crippen molar-refractivity contribution < 1.29 is 31.9 Å². The molecule has 0 aliphatic rings. The smallest absolute Gasteiger partial charge is 0.418 e. The Labute approximate surface area is 173 Å². The highest BCUT2D eigenvalue weighted by Gasteiger charge is 2.33. The van der Waals surface area contributed by atoms with Crippen molar-refractivity contribution in [3.05, 3.63) is 48.0 Å². The minimum atomic E-state index is -4.57. The second-order valence-electron chi connectivity index (χ2n) is 5.82. The highest BCUT2D eigenvalue weighted by molar-refractivity contribution is 7.99. The number of anilines is 1. The standard InChI is InChI=1S/C19H16F3N3O4S/c1-27-14-8-7-11(9-15(14)28-2)17-24-25-18(29-17)30-10-16(26)23-13-6-4-3-5-12(13)19(20,21)22/h3-9H,10H2,1-2H3,(H,23,26). The second kappa shape index (κ2) is 9.08. The van der Waals surface area contributed by atoms with Crippen molar-refractivity contribution in [2.45, 2.75) is 11.4 Å². The van der Waals surface area contributed by atoms with Crippen molar-refractivity contribution in [3.8, 4) is 23.0 Å². The van der Waals surface area contributed by atoms with Crippen molar-refractivity contribution in [1.82, 2.24) is 10.2 Å². The van der Waals surface area contributed by atoms with E-state index in [-0.39, 0.29) is 22.6 Å². The van der Waals surface area contributed by atoms with Crippen molar-refractivity contribution >= 4 is 23.4 Å². The van der Waals surface area contributed by atoms with Crippen molar-refractivity contribution in [1.29, 1.82) is 0 Å². The molecule has 0 unspecified atom stereocenters. The Bertz CT molecular complexity index is 1040. The number of rotatable bonds is 7. The van der Waals surface area contributed by atoms with Gasteiger partial charge in [-0.3, -0.25) is 4.79 Å². The van der Waals surface area contributed by atoms with E-state index < -0.39 is 17.6 Å². The highest BCUT2D eigenvalue weighted by Crippen LogP contribution is 2.35. The number of hydrogen-bond acceptors (Lipinski definition) is 7. The average molecular weight is 439 g/mol. The number of alkyl halides is 3. The number of aromatic nitrogens is 2. The molecule has 1 amide bonds. The molecule has 0 bridgehead atoms. The predicted octanol–water partition coefficient (Wildman–Crippen LogP) is 4.50. The van der Waals surface area contributed by atoms with Gasteiger partial charge in [0.2, 0.25) is 11.8 Å². The van der Waals surface area contributed by atoms with Crippen molar-refractivity contribution in [2.75, 3.05) is 25.3 Å². The highest BCUT2D eigenvalue weighted by atomic mass is 32.2. The molecule has 0 saturated heterocycles. The average Bonchev–Trinajstić information content (AvgIpc) is 3.20. The molecule has 1 heterocycles. The van der Waals surface area contributed by atoms with Crippen LogP contribution in [0.2, 0.25) is 0 Å². The molecular weight excluding hydrogens is 423 g/mol. The molecule has 3 rings (SSSR count). The summed E-state index contributed by atoms with van der Waals surface area (Å²) in [5.41, 5.74) is -0.653. The predicted molar refractivity (Wildman–Crippen MR) is 104 cm³/mol. The van der Waals surface area contributed by atoms with Crippen LogP contribution < -0.4 is 14.8 Å². The molecule has 158 valence electrons. The number of thioether (sulfide) groups is 1. The Balaban J connectivity index is 1.64. The van der Waals surface area contributed by atoms with Crippen LogP contribution in [-0.4, -0.2) is 36.1 Å². The third kappa shape index (κ3) is 5.03. The van der Waals surface area contributed by atoms with Crippen LogP contribution in [0, 0.1) is 0 Å². The molecule has 7 nitrogen and oxygen atoms in total. The Hall–Kier alpha value is -3.21. The molecule has 0 radical (unpaired) electrons. The lowest BCUT2D eigenvalue weighted by atomic mass is 10.1. The van der Waals surface area contributed by atoms with E-state index in [1.807, 2.05) is 0 Å². The largest absolute Gasteiger partial charge is 0.493 e. The van der Waals surface area contributed by atoms with Crippen LogP contribution in [0.15, 0.2) is 52.1 Å². The third-order valence-corrected chi connectivity index (χ3v) is 4.69. The molecule has 0 fully saturated rings. The van der Waals surface area contributed by atoms with Crippen LogP contribution in [0.1, 0.15) is 5.56 Å². The lowest BCUT2D eigenvalue weighted by Gasteiger charge is -2.13. The molecule has 0 aliphatic carbocycles. The van der Waals surface area contributed by atoms with Crippen molar-refractivity contribution in [2.24, 2.45) is 0 Å². The maximum absolute atomic E-state index is 13.0. The van der Waals surface area contributed by atoms with E-state index in [4.69, 9.17) is 13.9 Å². The summed E-state index contributed by atoms with van der Waals surface area (Å²) in [5, 5.41) is 10.1. The zero-order chi connectivity index (χ0) is 21.7. The monoisotopic (exact) mass is 439 g/mol. The number of methoxy groups -OCH3 is 2. The molecule has 30 heavy (non-hydrogen) atoms. The summed E-state index contributed by atoms with van der Waals surface area (Å²) in [6.07, 6.45) is -4.57. The summed E-state index contributed by atoms with van der Waals surface area (Å²) >= 11 is 0.905.